The molecule has 0 radical (unpaired) electrons. The highest BCUT2D eigenvalue weighted by molar-refractivity contribution is 5.77. The molecule has 15 heavy (non-hydrogen) atoms. The number of amides is 1. The van der Waals surface area contributed by atoms with Gasteiger partial charge in [-0.25, -0.2) is 5.84 Å². The van der Waals surface area contributed by atoms with Gasteiger partial charge in [0.2, 0.25) is 5.91 Å². The maximum absolute atomic E-state index is 11.5. The van der Waals surface area contributed by atoms with E-state index in [-0.39, 0.29) is 11.8 Å². The van der Waals surface area contributed by atoms with Crippen molar-refractivity contribution in [2.24, 2.45) is 22.6 Å². The lowest BCUT2D eigenvalue weighted by Gasteiger charge is -2.40. The fourth-order valence-corrected chi connectivity index (χ4v) is 2.27. The van der Waals surface area contributed by atoms with Crippen LogP contribution < -0.4 is 11.3 Å². The maximum Gasteiger partial charge on any atom is 0.236 e. The van der Waals surface area contributed by atoms with Gasteiger partial charge in [-0.05, 0) is 36.5 Å². The van der Waals surface area contributed by atoms with Crippen LogP contribution in [0.1, 0.15) is 53.4 Å². The number of hydrogen-bond donors (Lipinski definition) is 2. The van der Waals surface area contributed by atoms with Gasteiger partial charge in [0.1, 0.15) is 0 Å². The Hall–Kier alpha value is -0.570. The van der Waals surface area contributed by atoms with Gasteiger partial charge in [-0.3, -0.25) is 10.2 Å². The van der Waals surface area contributed by atoms with Crippen molar-refractivity contribution in [2.45, 2.75) is 53.4 Å². The van der Waals surface area contributed by atoms with Crippen molar-refractivity contribution in [2.75, 3.05) is 0 Å². The molecule has 1 amide bonds. The molecule has 0 aromatic carbocycles. The number of rotatable bonds is 1. The Balaban J connectivity index is 2.74. The summed E-state index contributed by atoms with van der Waals surface area (Å²) < 4.78 is 0. The van der Waals surface area contributed by atoms with E-state index in [1.165, 1.54) is 0 Å². The molecule has 3 nitrogen and oxygen atoms in total. The van der Waals surface area contributed by atoms with Crippen molar-refractivity contribution >= 4 is 5.91 Å². The van der Waals surface area contributed by atoms with E-state index in [0.29, 0.717) is 10.8 Å². The van der Waals surface area contributed by atoms with Gasteiger partial charge in [-0.1, -0.05) is 27.7 Å². The Bertz CT molecular complexity index is 228. The van der Waals surface area contributed by atoms with Crippen LogP contribution in [0.5, 0.6) is 0 Å². The van der Waals surface area contributed by atoms with Crippen LogP contribution in [0.25, 0.3) is 0 Å². The third kappa shape index (κ3) is 2.51. The number of hydrazine groups is 1. The first-order chi connectivity index (χ1) is 6.80. The molecular weight excluding hydrogens is 188 g/mol. The molecule has 1 fully saturated rings. The molecule has 0 aromatic rings. The fraction of sp³-hybridized carbons (Fsp3) is 0.917. The van der Waals surface area contributed by atoms with Crippen LogP contribution in [-0.4, -0.2) is 5.91 Å². The Kier molecular flexibility index (Phi) is 3.44. The minimum atomic E-state index is 0.00324. The molecule has 1 saturated carbocycles. The smallest absolute Gasteiger partial charge is 0.236 e. The summed E-state index contributed by atoms with van der Waals surface area (Å²) in [6.07, 6.45) is 4.11. The Morgan fingerprint density at radius 1 is 1.13 bits per heavy atom. The molecule has 0 unspecified atom stereocenters. The van der Waals surface area contributed by atoms with E-state index in [4.69, 9.17) is 5.84 Å². The monoisotopic (exact) mass is 212 g/mol. The van der Waals surface area contributed by atoms with Crippen LogP contribution in [0.2, 0.25) is 0 Å². The topological polar surface area (TPSA) is 55.1 Å². The molecule has 3 heteroatoms. The number of hydrogen-bond acceptors (Lipinski definition) is 2. The summed E-state index contributed by atoms with van der Waals surface area (Å²) in [7, 11) is 0. The van der Waals surface area contributed by atoms with E-state index in [9.17, 15) is 4.79 Å². The van der Waals surface area contributed by atoms with Gasteiger partial charge >= 0.3 is 0 Å². The van der Waals surface area contributed by atoms with Crippen molar-refractivity contribution in [3.8, 4) is 0 Å². The molecule has 3 N–H and O–H groups in total. The van der Waals surface area contributed by atoms with Crippen LogP contribution in [0.15, 0.2) is 0 Å². The summed E-state index contributed by atoms with van der Waals surface area (Å²) in [6, 6.07) is 0. The first-order valence-electron chi connectivity index (χ1n) is 5.81. The van der Waals surface area contributed by atoms with Crippen molar-refractivity contribution in [3.63, 3.8) is 0 Å². The first-order valence-corrected chi connectivity index (χ1v) is 5.81. The van der Waals surface area contributed by atoms with Gasteiger partial charge in [-0.2, -0.15) is 0 Å². The second kappa shape index (κ2) is 4.12. The van der Waals surface area contributed by atoms with Gasteiger partial charge in [0.25, 0.3) is 0 Å². The lowest BCUT2D eigenvalue weighted by molar-refractivity contribution is -0.125. The summed E-state index contributed by atoms with van der Waals surface area (Å²) >= 11 is 0. The van der Waals surface area contributed by atoms with E-state index < -0.39 is 0 Å². The SMILES string of the molecule is CC1(C)CCC(C(=O)NN)CCC1(C)C. The van der Waals surface area contributed by atoms with Crippen LogP contribution in [-0.2, 0) is 4.79 Å². The predicted octanol–water partition coefficient (Wildman–Crippen LogP) is 2.22. The molecule has 0 aliphatic heterocycles. The van der Waals surface area contributed by atoms with Gasteiger partial charge in [0, 0.05) is 5.92 Å². The zero-order chi connectivity index (χ0) is 11.7. The molecule has 88 valence electrons. The second-order valence-corrected chi connectivity index (χ2v) is 6.05. The summed E-state index contributed by atoms with van der Waals surface area (Å²) in [5.74, 6) is 5.30. The molecule has 0 heterocycles. The van der Waals surface area contributed by atoms with Gasteiger partial charge in [0.05, 0.1) is 0 Å². The maximum atomic E-state index is 11.5. The predicted molar refractivity (Wildman–Crippen MR) is 61.9 cm³/mol. The highest BCUT2D eigenvalue weighted by Gasteiger charge is 2.40. The third-order valence-corrected chi connectivity index (χ3v) is 4.58. The van der Waals surface area contributed by atoms with Crippen LogP contribution >= 0.6 is 0 Å². The number of carbonyl (C=O) groups excluding carboxylic acids is 1. The normalized spacial score (nSPS) is 25.7. The van der Waals surface area contributed by atoms with Gasteiger partial charge < -0.3 is 0 Å². The lowest BCUT2D eigenvalue weighted by atomic mass is 9.65. The van der Waals surface area contributed by atoms with E-state index in [1.807, 2.05) is 0 Å². The van der Waals surface area contributed by atoms with Gasteiger partial charge in [-0.15, -0.1) is 0 Å². The fourth-order valence-electron chi connectivity index (χ4n) is 2.27. The van der Waals surface area contributed by atoms with Crippen molar-refractivity contribution in [3.05, 3.63) is 0 Å². The van der Waals surface area contributed by atoms with Crippen molar-refractivity contribution < 1.29 is 4.79 Å². The molecule has 1 rings (SSSR count). The largest absolute Gasteiger partial charge is 0.294 e. The van der Waals surface area contributed by atoms with Crippen LogP contribution in [0.4, 0.5) is 0 Å². The first kappa shape index (κ1) is 12.5. The highest BCUT2D eigenvalue weighted by atomic mass is 16.2. The van der Waals surface area contributed by atoms with E-state index in [0.717, 1.165) is 25.7 Å². The van der Waals surface area contributed by atoms with Crippen molar-refractivity contribution in [1.29, 1.82) is 0 Å². The number of nitrogens with two attached hydrogens (primary N) is 1. The Morgan fingerprint density at radius 2 is 1.53 bits per heavy atom. The van der Waals surface area contributed by atoms with Crippen LogP contribution in [0, 0.1) is 16.7 Å². The summed E-state index contributed by atoms with van der Waals surface area (Å²) in [4.78, 5) is 11.5. The molecule has 1 aliphatic carbocycles. The van der Waals surface area contributed by atoms with E-state index in [2.05, 4.69) is 33.1 Å². The summed E-state index contributed by atoms with van der Waals surface area (Å²) in [5.41, 5.74) is 2.88. The summed E-state index contributed by atoms with van der Waals surface area (Å²) in [6.45, 7) is 9.21. The lowest BCUT2D eigenvalue weighted by Crippen LogP contribution is -2.35. The second-order valence-electron chi connectivity index (χ2n) is 6.05. The van der Waals surface area contributed by atoms with E-state index >= 15 is 0 Å². The molecule has 0 bridgehead atoms. The zero-order valence-electron chi connectivity index (χ0n) is 10.4. The van der Waals surface area contributed by atoms with Gasteiger partial charge in [0.15, 0.2) is 0 Å². The van der Waals surface area contributed by atoms with E-state index in [1.54, 1.807) is 0 Å². The number of nitrogens with one attached hydrogen (secondary N) is 1. The molecule has 0 spiro atoms. The average Bonchev–Trinajstić information content (AvgIpc) is 2.25. The molecule has 0 saturated heterocycles. The minimum absolute atomic E-state index is 0.00324. The number of carbonyl (C=O) groups is 1. The average molecular weight is 212 g/mol. The Labute approximate surface area is 92.8 Å². The Morgan fingerprint density at radius 3 is 1.87 bits per heavy atom. The standard InChI is InChI=1S/C12H24N2O/c1-11(2)7-5-9(10(15)14-13)6-8-12(11,3)4/h9H,5-8,13H2,1-4H3,(H,14,15). The third-order valence-electron chi connectivity index (χ3n) is 4.58. The zero-order valence-corrected chi connectivity index (χ0v) is 10.4. The minimum Gasteiger partial charge on any atom is -0.294 e. The van der Waals surface area contributed by atoms with Crippen molar-refractivity contribution in [1.82, 2.24) is 5.43 Å². The quantitative estimate of drug-likeness (QED) is 0.303. The van der Waals surface area contributed by atoms with Crippen LogP contribution in [0.3, 0.4) is 0 Å². The molecule has 1 aliphatic rings. The molecule has 0 atom stereocenters. The molecule has 0 aromatic heterocycles. The highest BCUT2D eigenvalue weighted by Crippen LogP contribution is 2.49. The molecular formula is C12H24N2O. The summed E-state index contributed by atoms with van der Waals surface area (Å²) in [5, 5.41) is 0.